The first-order valence-corrected chi connectivity index (χ1v) is 8.29. The van der Waals surface area contributed by atoms with Crippen LogP contribution in [0.3, 0.4) is 0 Å². The van der Waals surface area contributed by atoms with Crippen LogP contribution in [0.4, 0.5) is 0 Å². The van der Waals surface area contributed by atoms with E-state index in [1.54, 1.807) is 6.07 Å². The molecule has 19 heavy (non-hydrogen) atoms. The summed E-state index contributed by atoms with van der Waals surface area (Å²) in [6, 6.07) is 4.61. The van der Waals surface area contributed by atoms with E-state index in [2.05, 4.69) is 9.62 Å². The fraction of sp³-hybridized carbons (Fsp3) is 0.500. The minimum Gasteiger partial charge on any atom is -0.306 e. The van der Waals surface area contributed by atoms with E-state index in [4.69, 9.17) is 23.2 Å². The number of nitrogens with one attached hydrogen (secondary N) is 1. The first kappa shape index (κ1) is 15.1. The maximum absolute atomic E-state index is 12.3. The normalized spacial score (nSPS) is 18.7. The molecule has 106 valence electrons. The third kappa shape index (κ3) is 3.61. The first-order chi connectivity index (χ1) is 8.90. The smallest absolute Gasteiger partial charge is 0.243 e. The van der Waals surface area contributed by atoms with Crippen molar-refractivity contribution in [2.24, 2.45) is 0 Å². The van der Waals surface area contributed by atoms with E-state index in [-0.39, 0.29) is 21.0 Å². The fourth-order valence-corrected chi connectivity index (χ4v) is 4.59. The van der Waals surface area contributed by atoms with Crippen LogP contribution in [0.1, 0.15) is 12.8 Å². The zero-order valence-electron chi connectivity index (χ0n) is 10.6. The van der Waals surface area contributed by atoms with Gasteiger partial charge in [0.2, 0.25) is 10.0 Å². The molecule has 0 bridgehead atoms. The first-order valence-electron chi connectivity index (χ1n) is 6.05. The van der Waals surface area contributed by atoms with Crippen LogP contribution >= 0.6 is 23.2 Å². The summed E-state index contributed by atoms with van der Waals surface area (Å²) in [5, 5.41) is 0.292. The molecule has 4 nitrogen and oxygen atoms in total. The molecular weight excluding hydrogens is 307 g/mol. The number of likely N-dealkylation sites (tertiary alicyclic amines) is 1. The summed E-state index contributed by atoms with van der Waals surface area (Å²) in [6.45, 7) is 1.76. The molecule has 1 aliphatic heterocycles. The Bertz CT molecular complexity index is 535. The molecule has 1 N–H and O–H groups in total. The van der Waals surface area contributed by atoms with Crippen molar-refractivity contribution >= 4 is 33.2 Å². The highest BCUT2D eigenvalue weighted by Crippen LogP contribution is 2.29. The topological polar surface area (TPSA) is 49.4 Å². The van der Waals surface area contributed by atoms with Gasteiger partial charge in [-0.25, -0.2) is 13.1 Å². The minimum absolute atomic E-state index is 0.0303. The SMILES string of the molecule is CN1CCC(NS(=O)(=O)c2c(Cl)cccc2Cl)CC1. The van der Waals surface area contributed by atoms with E-state index in [1.807, 2.05) is 7.05 Å². The van der Waals surface area contributed by atoms with Crippen molar-refractivity contribution < 1.29 is 8.42 Å². The third-order valence-corrected chi connectivity index (χ3v) is 5.70. The molecule has 1 heterocycles. The Hall–Kier alpha value is -0.330. The fourth-order valence-electron chi connectivity index (χ4n) is 2.14. The van der Waals surface area contributed by atoms with Crippen LogP contribution in [0.25, 0.3) is 0 Å². The largest absolute Gasteiger partial charge is 0.306 e. The Balaban J connectivity index is 2.19. The second-order valence-electron chi connectivity index (χ2n) is 4.75. The van der Waals surface area contributed by atoms with Gasteiger partial charge in [0.15, 0.2) is 0 Å². The standard InChI is InChI=1S/C12H16Cl2N2O2S/c1-16-7-5-9(6-8-16)15-19(17,18)12-10(13)3-2-4-11(12)14/h2-4,9,15H,5-8H2,1H3. The highest BCUT2D eigenvalue weighted by atomic mass is 35.5. The van der Waals surface area contributed by atoms with Crippen LogP contribution in [-0.4, -0.2) is 39.5 Å². The maximum Gasteiger partial charge on any atom is 0.243 e. The van der Waals surface area contributed by atoms with Crippen LogP contribution < -0.4 is 4.72 Å². The van der Waals surface area contributed by atoms with Crippen LogP contribution in [0, 0.1) is 0 Å². The summed E-state index contributed by atoms with van der Waals surface area (Å²) in [5.74, 6) is 0. The summed E-state index contributed by atoms with van der Waals surface area (Å²) in [7, 11) is -1.65. The molecule has 0 saturated carbocycles. The lowest BCUT2D eigenvalue weighted by Gasteiger charge is -2.29. The lowest BCUT2D eigenvalue weighted by atomic mass is 10.1. The molecule has 1 fully saturated rings. The minimum atomic E-state index is -3.67. The van der Waals surface area contributed by atoms with Crippen molar-refractivity contribution in [1.82, 2.24) is 9.62 Å². The number of hydrogen-bond acceptors (Lipinski definition) is 3. The van der Waals surface area contributed by atoms with Crippen molar-refractivity contribution in [1.29, 1.82) is 0 Å². The number of halogens is 2. The van der Waals surface area contributed by atoms with Gasteiger partial charge in [-0.05, 0) is 45.1 Å². The Morgan fingerprint density at radius 2 is 1.74 bits per heavy atom. The average molecular weight is 323 g/mol. The van der Waals surface area contributed by atoms with E-state index in [0.717, 1.165) is 25.9 Å². The van der Waals surface area contributed by atoms with E-state index in [0.29, 0.717) is 0 Å². The van der Waals surface area contributed by atoms with Gasteiger partial charge >= 0.3 is 0 Å². The molecule has 1 aromatic carbocycles. The quantitative estimate of drug-likeness (QED) is 0.929. The van der Waals surface area contributed by atoms with Crippen molar-refractivity contribution in [3.8, 4) is 0 Å². The van der Waals surface area contributed by atoms with Gasteiger partial charge in [-0.1, -0.05) is 29.3 Å². The number of benzene rings is 1. The Kier molecular flexibility index (Phi) is 4.74. The molecule has 1 saturated heterocycles. The summed E-state index contributed by atoms with van der Waals surface area (Å²) >= 11 is 11.9. The van der Waals surface area contributed by atoms with Gasteiger partial charge in [0, 0.05) is 6.04 Å². The van der Waals surface area contributed by atoms with Gasteiger partial charge in [-0.3, -0.25) is 0 Å². The molecule has 0 radical (unpaired) electrons. The number of sulfonamides is 1. The molecule has 0 unspecified atom stereocenters. The lowest BCUT2D eigenvalue weighted by Crippen LogP contribution is -2.43. The molecule has 2 rings (SSSR count). The Labute approximate surface area is 123 Å². The monoisotopic (exact) mass is 322 g/mol. The zero-order valence-corrected chi connectivity index (χ0v) is 12.9. The molecule has 0 aliphatic carbocycles. The predicted molar refractivity (Wildman–Crippen MR) is 77.3 cm³/mol. The molecule has 0 spiro atoms. The van der Waals surface area contributed by atoms with E-state index >= 15 is 0 Å². The number of piperidine rings is 1. The molecular formula is C12H16Cl2N2O2S. The maximum atomic E-state index is 12.3. The van der Waals surface area contributed by atoms with Gasteiger partial charge < -0.3 is 4.90 Å². The van der Waals surface area contributed by atoms with Gasteiger partial charge in [0.25, 0.3) is 0 Å². The average Bonchev–Trinajstić information content (AvgIpc) is 2.31. The van der Waals surface area contributed by atoms with Crippen LogP contribution in [0.2, 0.25) is 10.0 Å². The van der Waals surface area contributed by atoms with Crippen LogP contribution in [0.15, 0.2) is 23.1 Å². The third-order valence-electron chi connectivity index (χ3n) is 3.23. The highest BCUT2D eigenvalue weighted by molar-refractivity contribution is 7.89. The predicted octanol–water partition coefficient (Wildman–Crippen LogP) is 2.37. The summed E-state index contributed by atoms with van der Waals surface area (Å²) in [5.41, 5.74) is 0. The van der Waals surface area contributed by atoms with Gasteiger partial charge in [-0.2, -0.15) is 0 Å². The summed E-state index contributed by atoms with van der Waals surface area (Å²) in [4.78, 5) is 2.14. The summed E-state index contributed by atoms with van der Waals surface area (Å²) in [6.07, 6.45) is 1.58. The highest BCUT2D eigenvalue weighted by Gasteiger charge is 2.26. The Morgan fingerprint density at radius 1 is 1.21 bits per heavy atom. The summed E-state index contributed by atoms with van der Waals surface area (Å²) < 4.78 is 27.4. The van der Waals surface area contributed by atoms with E-state index < -0.39 is 10.0 Å². The molecule has 0 aromatic heterocycles. The van der Waals surface area contributed by atoms with Gasteiger partial charge in [0.05, 0.1) is 10.0 Å². The molecule has 7 heteroatoms. The Morgan fingerprint density at radius 3 is 2.26 bits per heavy atom. The zero-order chi connectivity index (χ0) is 14.0. The van der Waals surface area contributed by atoms with Crippen molar-refractivity contribution in [2.75, 3.05) is 20.1 Å². The molecule has 1 aliphatic rings. The number of nitrogens with zero attached hydrogens (tertiary/aromatic N) is 1. The van der Waals surface area contributed by atoms with Crippen LogP contribution in [0.5, 0.6) is 0 Å². The van der Waals surface area contributed by atoms with Gasteiger partial charge in [0.1, 0.15) is 4.90 Å². The molecule has 0 atom stereocenters. The van der Waals surface area contributed by atoms with Gasteiger partial charge in [-0.15, -0.1) is 0 Å². The van der Waals surface area contributed by atoms with Crippen molar-refractivity contribution in [2.45, 2.75) is 23.8 Å². The number of hydrogen-bond donors (Lipinski definition) is 1. The van der Waals surface area contributed by atoms with E-state index in [1.165, 1.54) is 12.1 Å². The molecule has 0 amide bonds. The van der Waals surface area contributed by atoms with Crippen molar-refractivity contribution in [3.05, 3.63) is 28.2 Å². The van der Waals surface area contributed by atoms with E-state index in [9.17, 15) is 8.42 Å². The second kappa shape index (κ2) is 5.97. The number of rotatable bonds is 3. The molecule has 1 aromatic rings. The lowest BCUT2D eigenvalue weighted by molar-refractivity contribution is 0.248. The van der Waals surface area contributed by atoms with Crippen molar-refractivity contribution in [3.63, 3.8) is 0 Å². The van der Waals surface area contributed by atoms with Crippen LogP contribution in [-0.2, 0) is 10.0 Å². The second-order valence-corrected chi connectivity index (χ2v) is 7.21.